The lowest BCUT2D eigenvalue weighted by molar-refractivity contribution is -0.134. The van der Waals surface area contributed by atoms with Crippen LogP contribution >= 0.6 is 11.3 Å². The molecule has 0 unspecified atom stereocenters. The number of nitrogens with one attached hydrogen (secondary N) is 1. The number of thiophene rings is 1. The van der Waals surface area contributed by atoms with Crippen LogP contribution in [0.2, 0.25) is 0 Å². The molecule has 0 aliphatic rings. The van der Waals surface area contributed by atoms with E-state index < -0.39 is 11.9 Å². The summed E-state index contributed by atoms with van der Waals surface area (Å²) < 4.78 is 7.41. The molecule has 0 aliphatic heterocycles. The van der Waals surface area contributed by atoms with Crippen molar-refractivity contribution in [1.82, 2.24) is 5.32 Å². The Morgan fingerprint density at radius 2 is 1.71 bits per heavy atom. The van der Waals surface area contributed by atoms with Crippen LogP contribution in [0, 0.1) is 11.3 Å². The van der Waals surface area contributed by atoms with Crippen molar-refractivity contribution < 1.29 is 24.5 Å². The predicted octanol–water partition coefficient (Wildman–Crippen LogP) is 4.21. The van der Waals surface area contributed by atoms with Gasteiger partial charge in [-0.3, -0.25) is 0 Å². The second kappa shape index (κ2) is 12.1. The van der Waals surface area contributed by atoms with Gasteiger partial charge in [-0.2, -0.15) is 5.26 Å². The summed E-state index contributed by atoms with van der Waals surface area (Å²) in [6, 6.07) is 20.5. The lowest BCUT2D eigenvalue weighted by Crippen LogP contribution is -2.16. The molecule has 31 heavy (non-hydrogen) atoms. The maximum absolute atomic E-state index is 9.55. The molecule has 160 valence electrons. The highest BCUT2D eigenvalue weighted by Gasteiger charge is 2.19. The molecule has 0 radical (unpaired) electrons. The summed E-state index contributed by atoms with van der Waals surface area (Å²) in [7, 11) is 1.93. The van der Waals surface area contributed by atoms with Crippen LogP contribution in [-0.4, -0.2) is 35.7 Å². The Hall–Kier alpha value is -3.67. The van der Waals surface area contributed by atoms with Crippen LogP contribution in [0.3, 0.4) is 0 Å². The van der Waals surface area contributed by atoms with E-state index in [1.54, 1.807) is 0 Å². The smallest absolute Gasteiger partial charge is 0.328 e. The third-order valence-electron chi connectivity index (χ3n) is 4.11. The summed E-state index contributed by atoms with van der Waals surface area (Å²) in [5, 5.41) is 29.3. The minimum Gasteiger partial charge on any atom is -0.483 e. The zero-order chi connectivity index (χ0) is 22.6. The van der Waals surface area contributed by atoms with Gasteiger partial charge in [0.2, 0.25) is 0 Å². The molecule has 0 bridgehead atoms. The maximum atomic E-state index is 9.55. The van der Waals surface area contributed by atoms with Gasteiger partial charge in [0, 0.05) is 28.7 Å². The molecule has 0 fully saturated rings. The van der Waals surface area contributed by atoms with Crippen LogP contribution in [0.15, 0.2) is 66.7 Å². The Morgan fingerprint density at radius 3 is 2.29 bits per heavy atom. The van der Waals surface area contributed by atoms with Gasteiger partial charge in [-0.25, -0.2) is 9.59 Å². The number of rotatable bonds is 8. The minimum absolute atomic E-state index is 0.0752. The molecule has 1 aromatic heterocycles. The molecule has 0 spiro atoms. The average Bonchev–Trinajstić information content (AvgIpc) is 3.13. The first-order chi connectivity index (χ1) is 15.0. The molecule has 7 nitrogen and oxygen atoms in total. The Bertz CT molecular complexity index is 1070. The number of hydrogen-bond donors (Lipinski definition) is 3. The largest absolute Gasteiger partial charge is 0.483 e. The topological polar surface area (TPSA) is 120 Å². The van der Waals surface area contributed by atoms with Gasteiger partial charge >= 0.3 is 11.9 Å². The molecule has 0 saturated heterocycles. The molecule has 0 amide bonds. The highest BCUT2D eigenvalue weighted by Crippen LogP contribution is 2.39. The summed E-state index contributed by atoms with van der Waals surface area (Å²) >= 11 is 1.48. The van der Waals surface area contributed by atoms with Crippen molar-refractivity contribution in [1.29, 1.82) is 5.26 Å². The molecule has 1 atom stereocenters. The number of hydrogen-bond acceptors (Lipinski definition) is 6. The molecule has 3 rings (SSSR count). The van der Waals surface area contributed by atoms with Crippen molar-refractivity contribution in [2.75, 3.05) is 13.6 Å². The van der Waals surface area contributed by atoms with Gasteiger partial charge in [-0.15, -0.1) is 11.3 Å². The molecule has 3 N–H and O–H groups in total. The first-order valence-corrected chi connectivity index (χ1v) is 10.2. The third-order valence-corrected chi connectivity index (χ3v) is 5.16. The van der Waals surface area contributed by atoms with Gasteiger partial charge in [0.25, 0.3) is 0 Å². The Labute approximate surface area is 183 Å². The zero-order valence-electron chi connectivity index (χ0n) is 16.8. The molecule has 0 aliphatic carbocycles. The van der Waals surface area contributed by atoms with E-state index in [1.807, 2.05) is 49.5 Å². The van der Waals surface area contributed by atoms with Crippen LogP contribution in [0.4, 0.5) is 0 Å². The number of nitrogens with zero attached hydrogens (tertiary/aromatic N) is 1. The van der Waals surface area contributed by atoms with E-state index in [2.05, 4.69) is 23.5 Å². The standard InChI is InChI=1S/C19H18N2OS.C4H4O4/c1-21-12-11-16(14-7-3-2-4-8-14)22-19-15-9-5-6-10-17(15)23-18(19)13-20;5-3(6)1-2-4(7)8/h2-10,16,21H,11-12H2,1H3;1-2H,(H,5,6)(H,7,8)/b;2-1+/t16-;/m0./s1. The number of carboxylic acid groups (broad SMARTS) is 2. The molecular formula is C23H22N2O5S. The Balaban J connectivity index is 0.000000366. The third kappa shape index (κ3) is 7.26. The Morgan fingerprint density at radius 1 is 1.10 bits per heavy atom. The van der Waals surface area contributed by atoms with Gasteiger partial charge in [0.15, 0.2) is 5.75 Å². The van der Waals surface area contributed by atoms with Crippen LogP contribution in [0.5, 0.6) is 5.75 Å². The monoisotopic (exact) mass is 438 g/mol. The first kappa shape index (κ1) is 23.6. The van der Waals surface area contributed by atoms with Gasteiger partial charge < -0.3 is 20.3 Å². The fraction of sp³-hybridized carbons (Fsp3) is 0.174. The van der Waals surface area contributed by atoms with Crippen LogP contribution in [0.1, 0.15) is 23.0 Å². The first-order valence-electron chi connectivity index (χ1n) is 9.38. The van der Waals surface area contributed by atoms with E-state index in [1.165, 1.54) is 11.3 Å². The summed E-state index contributed by atoms with van der Waals surface area (Å²) in [4.78, 5) is 19.7. The second-order valence-corrected chi connectivity index (χ2v) is 7.34. The van der Waals surface area contributed by atoms with E-state index >= 15 is 0 Å². The average molecular weight is 439 g/mol. The molecule has 0 saturated carbocycles. The molecule has 8 heteroatoms. The maximum Gasteiger partial charge on any atom is 0.328 e. The Kier molecular flexibility index (Phi) is 9.23. The van der Waals surface area contributed by atoms with Gasteiger partial charge in [0.05, 0.1) is 0 Å². The quantitative estimate of drug-likeness (QED) is 0.451. The molecular weight excluding hydrogens is 416 g/mol. The lowest BCUT2D eigenvalue weighted by atomic mass is 10.1. The van der Waals surface area contributed by atoms with Gasteiger partial charge in [0.1, 0.15) is 17.1 Å². The summed E-state index contributed by atoms with van der Waals surface area (Å²) in [6.07, 6.45) is 1.88. The molecule has 3 aromatic rings. The summed E-state index contributed by atoms with van der Waals surface area (Å²) in [6.45, 7) is 0.851. The minimum atomic E-state index is -1.26. The van der Waals surface area contributed by atoms with Gasteiger partial charge in [-0.05, 0) is 31.3 Å². The highest BCUT2D eigenvalue weighted by atomic mass is 32.1. The number of aliphatic carboxylic acids is 2. The van der Waals surface area contributed by atoms with Gasteiger partial charge in [-0.1, -0.05) is 42.5 Å². The lowest BCUT2D eigenvalue weighted by Gasteiger charge is -2.19. The van der Waals surface area contributed by atoms with E-state index in [4.69, 9.17) is 14.9 Å². The van der Waals surface area contributed by atoms with Crippen molar-refractivity contribution in [3.8, 4) is 11.8 Å². The number of carbonyl (C=O) groups is 2. The molecule has 2 aromatic carbocycles. The number of carboxylic acids is 2. The van der Waals surface area contributed by atoms with Crippen molar-refractivity contribution in [3.63, 3.8) is 0 Å². The second-order valence-electron chi connectivity index (χ2n) is 6.29. The van der Waals surface area contributed by atoms with Crippen LogP contribution in [-0.2, 0) is 9.59 Å². The van der Waals surface area contributed by atoms with Crippen molar-refractivity contribution >= 4 is 33.4 Å². The van der Waals surface area contributed by atoms with Crippen molar-refractivity contribution in [2.45, 2.75) is 12.5 Å². The van der Waals surface area contributed by atoms with E-state index in [0.717, 1.165) is 28.6 Å². The fourth-order valence-corrected chi connectivity index (χ4v) is 3.67. The van der Waals surface area contributed by atoms with E-state index in [9.17, 15) is 14.9 Å². The molecule has 1 heterocycles. The number of fused-ring (bicyclic) bond motifs is 1. The summed E-state index contributed by atoms with van der Waals surface area (Å²) in [5.41, 5.74) is 1.13. The SMILES string of the molecule is CNCC[C@H](Oc1c(C#N)sc2ccccc12)c1ccccc1.O=C(O)/C=C/C(=O)O. The number of benzene rings is 2. The van der Waals surface area contributed by atoms with Crippen LogP contribution < -0.4 is 10.1 Å². The highest BCUT2D eigenvalue weighted by molar-refractivity contribution is 7.20. The van der Waals surface area contributed by atoms with Crippen LogP contribution in [0.25, 0.3) is 10.1 Å². The normalized spacial score (nSPS) is 11.4. The van der Waals surface area contributed by atoms with E-state index in [-0.39, 0.29) is 6.10 Å². The zero-order valence-corrected chi connectivity index (χ0v) is 17.6. The number of nitriles is 1. The van der Waals surface area contributed by atoms with Crippen molar-refractivity contribution in [2.24, 2.45) is 0 Å². The van der Waals surface area contributed by atoms with Crippen molar-refractivity contribution in [3.05, 3.63) is 77.2 Å². The fourth-order valence-electron chi connectivity index (χ4n) is 2.73. The predicted molar refractivity (Wildman–Crippen MR) is 119 cm³/mol. The summed E-state index contributed by atoms with van der Waals surface area (Å²) in [5.74, 6) is -1.81. The van der Waals surface area contributed by atoms with E-state index in [0.29, 0.717) is 22.8 Å². The number of ether oxygens (including phenoxy) is 1.